The van der Waals surface area contributed by atoms with E-state index in [2.05, 4.69) is 20.5 Å². The molecule has 2 aromatic heterocycles. The van der Waals surface area contributed by atoms with Gasteiger partial charge in [-0.1, -0.05) is 16.8 Å². The molecule has 0 spiro atoms. The molecule has 2 aromatic rings. The summed E-state index contributed by atoms with van der Waals surface area (Å²) in [4.78, 5) is 0.838. The third-order valence-electron chi connectivity index (χ3n) is 4.33. The van der Waals surface area contributed by atoms with Gasteiger partial charge in [0.15, 0.2) is 0 Å². The molecular weight excluding hydrogens is 401 g/mol. The Balaban J connectivity index is 1.72. The van der Waals surface area contributed by atoms with Gasteiger partial charge in [0.05, 0.1) is 9.77 Å². The molecule has 1 aliphatic rings. The predicted molar refractivity (Wildman–Crippen MR) is 95.9 cm³/mol. The normalized spacial score (nSPS) is 15.8. The molecule has 0 radical (unpaired) electrons. The molecule has 0 bridgehead atoms. The molecule has 148 valence electrons. The van der Waals surface area contributed by atoms with Crippen molar-refractivity contribution in [3.05, 3.63) is 34.4 Å². The molecule has 0 saturated heterocycles. The summed E-state index contributed by atoms with van der Waals surface area (Å²) in [5.41, 5.74) is 1.22. The van der Waals surface area contributed by atoms with Crippen LogP contribution in [0, 0.1) is 6.92 Å². The largest absolute Gasteiger partial charge is 0.452 e. The lowest BCUT2D eigenvalue weighted by Gasteiger charge is -2.13. The van der Waals surface area contributed by atoms with Crippen molar-refractivity contribution < 1.29 is 26.1 Å². The van der Waals surface area contributed by atoms with Gasteiger partial charge in [-0.05, 0) is 45.1 Å². The minimum Gasteiger partial charge on any atom is -0.351 e. The van der Waals surface area contributed by atoms with E-state index in [9.17, 15) is 21.6 Å². The first-order valence-electron chi connectivity index (χ1n) is 8.49. The van der Waals surface area contributed by atoms with E-state index in [4.69, 9.17) is 0 Å². The van der Waals surface area contributed by atoms with Crippen LogP contribution in [0.15, 0.2) is 33.2 Å². The van der Waals surface area contributed by atoms with Gasteiger partial charge in [0.2, 0.25) is 15.8 Å². The van der Waals surface area contributed by atoms with E-state index < -0.39 is 22.0 Å². The topological polar surface area (TPSA) is 72.2 Å². The van der Waals surface area contributed by atoms with Gasteiger partial charge in [0.1, 0.15) is 5.69 Å². The van der Waals surface area contributed by atoms with Gasteiger partial charge in [0.25, 0.3) is 0 Å². The number of rotatable bonds is 6. The summed E-state index contributed by atoms with van der Waals surface area (Å²) in [6, 6.07) is 2.10. The van der Waals surface area contributed by atoms with E-state index in [1.807, 2.05) is 0 Å². The number of thiophene rings is 1. The van der Waals surface area contributed by atoms with Crippen LogP contribution in [0.1, 0.15) is 42.7 Å². The van der Waals surface area contributed by atoms with Gasteiger partial charge >= 0.3 is 6.18 Å². The highest BCUT2D eigenvalue weighted by Crippen LogP contribution is 2.36. The molecule has 3 rings (SSSR count). The van der Waals surface area contributed by atoms with Crippen molar-refractivity contribution in [3.8, 4) is 10.6 Å². The third kappa shape index (κ3) is 4.80. The molecule has 2 heterocycles. The molecule has 0 saturated carbocycles. The number of halogens is 3. The van der Waals surface area contributed by atoms with Gasteiger partial charge in [-0.15, -0.1) is 11.3 Å². The smallest absolute Gasteiger partial charge is 0.351 e. The van der Waals surface area contributed by atoms with Crippen LogP contribution in [0.25, 0.3) is 10.6 Å². The first kappa shape index (κ1) is 20.1. The van der Waals surface area contributed by atoms with Gasteiger partial charge < -0.3 is 4.52 Å². The van der Waals surface area contributed by atoms with E-state index in [1.165, 1.54) is 18.1 Å². The molecule has 0 atom stereocenters. The molecule has 27 heavy (non-hydrogen) atoms. The van der Waals surface area contributed by atoms with E-state index >= 15 is 0 Å². The molecule has 0 unspecified atom stereocenters. The predicted octanol–water partition coefficient (Wildman–Crippen LogP) is 4.90. The number of hydrogen-bond donors (Lipinski definition) is 1. The summed E-state index contributed by atoms with van der Waals surface area (Å²) >= 11 is 1.06. The Morgan fingerprint density at radius 3 is 2.70 bits per heavy atom. The zero-order valence-corrected chi connectivity index (χ0v) is 16.2. The monoisotopic (exact) mass is 420 g/mol. The minimum atomic E-state index is -4.64. The second-order valence-corrected chi connectivity index (χ2v) is 9.35. The number of aryl methyl sites for hydroxylation is 1. The molecule has 10 heteroatoms. The number of aromatic nitrogens is 1. The molecule has 5 nitrogen and oxygen atoms in total. The number of alkyl halides is 3. The van der Waals surface area contributed by atoms with Gasteiger partial charge in [-0.25, -0.2) is 13.1 Å². The van der Waals surface area contributed by atoms with Crippen molar-refractivity contribution in [2.24, 2.45) is 0 Å². The Morgan fingerprint density at radius 2 is 2.07 bits per heavy atom. The maximum absolute atomic E-state index is 12.6. The first-order valence-corrected chi connectivity index (χ1v) is 10.8. The van der Waals surface area contributed by atoms with Crippen LogP contribution >= 0.6 is 11.3 Å². The quantitative estimate of drug-likeness (QED) is 0.675. The van der Waals surface area contributed by atoms with Crippen LogP contribution in [0.5, 0.6) is 0 Å². The molecule has 0 aliphatic heterocycles. The number of nitrogens with one attached hydrogen (secondary N) is 1. The lowest BCUT2D eigenvalue weighted by atomic mass is 9.97. The average molecular weight is 420 g/mol. The Labute approximate surface area is 159 Å². The molecule has 1 N–H and O–H groups in total. The van der Waals surface area contributed by atoms with Gasteiger partial charge in [0, 0.05) is 17.5 Å². The van der Waals surface area contributed by atoms with Crippen LogP contribution in [-0.4, -0.2) is 20.1 Å². The van der Waals surface area contributed by atoms with Crippen LogP contribution in [0.3, 0.4) is 0 Å². The van der Waals surface area contributed by atoms with Crippen molar-refractivity contribution in [1.29, 1.82) is 0 Å². The summed E-state index contributed by atoms with van der Waals surface area (Å²) in [7, 11) is -3.75. The maximum atomic E-state index is 12.6. The minimum absolute atomic E-state index is 0.0377. The van der Waals surface area contributed by atoms with Crippen LogP contribution in [0.4, 0.5) is 13.2 Å². The number of allylic oxidation sites excluding steroid dienone is 1. The van der Waals surface area contributed by atoms with E-state index in [0.29, 0.717) is 22.7 Å². The first-order chi connectivity index (χ1) is 12.7. The molecule has 0 aromatic carbocycles. The number of hydrogen-bond acceptors (Lipinski definition) is 5. The Morgan fingerprint density at radius 1 is 1.30 bits per heavy atom. The molecular formula is C17H19F3N2O3S2. The molecule has 0 fully saturated rings. The van der Waals surface area contributed by atoms with Gasteiger partial charge in [-0.3, -0.25) is 0 Å². The summed E-state index contributed by atoms with van der Waals surface area (Å²) < 4.78 is 69.9. The van der Waals surface area contributed by atoms with Crippen molar-refractivity contribution >= 4 is 21.4 Å². The lowest BCUT2D eigenvalue weighted by molar-refractivity contribution is -0.155. The van der Waals surface area contributed by atoms with Gasteiger partial charge in [-0.2, -0.15) is 13.2 Å². The highest BCUT2D eigenvalue weighted by Gasteiger charge is 2.36. The zero-order chi connectivity index (χ0) is 19.7. The summed E-state index contributed by atoms with van der Waals surface area (Å²) in [6.45, 7) is 1.90. The van der Waals surface area contributed by atoms with Crippen LogP contribution < -0.4 is 4.72 Å². The highest BCUT2D eigenvalue weighted by atomic mass is 32.2. The molecule has 1 aliphatic carbocycles. The fourth-order valence-electron chi connectivity index (χ4n) is 2.94. The van der Waals surface area contributed by atoms with E-state index in [-0.39, 0.29) is 10.6 Å². The van der Waals surface area contributed by atoms with Crippen molar-refractivity contribution in [1.82, 2.24) is 9.88 Å². The maximum Gasteiger partial charge on any atom is 0.452 e. The Bertz CT molecular complexity index is 943. The Kier molecular flexibility index (Phi) is 5.78. The summed E-state index contributed by atoms with van der Waals surface area (Å²) in [6.07, 6.45) is 2.51. The summed E-state index contributed by atoms with van der Waals surface area (Å²) in [5, 5.41) is 3.41. The van der Waals surface area contributed by atoms with Crippen molar-refractivity contribution in [2.75, 3.05) is 6.54 Å². The lowest BCUT2D eigenvalue weighted by Crippen LogP contribution is -2.25. The number of sulfonamides is 1. The fourth-order valence-corrected chi connectivity index (χ4v) is 5.51. The van der Waals surface area contributed by atoms with Crippen molar-refractivity contribution in [3.63, 3.8) is 0 Å². The van der Waals surface area contributed by atoms with Crippen LogP contribution in [0.2, 0.25) is 0 Å². The summed E-state index contributed by atoms with van der Waals surface area (Å²) in [5.74, 6) is -1.22. The second kappa shape index (κ2) is 7.76. The fraction of sp³-hybridized carbons (Fsp3) is 0.471. The third-order valence-corrected chi connectivity index (χ3v) is 7.12. The Hall–Kier alpha value is -1.65. The average Bonchev–Trinajstić information content (AvgIpc) is 3.22. The SMILES string of the molecule is Cc1sc(-c2cc(C(F)(F)F)on2)cc1S(=O)(=O)NCCC1=CCCCC1. The zero-order valence-electron chi connectivity index (χ0n) is 14.6. The standard InChI is InChI=1S/C17H19F3N2O3S2/c1-11-15(27(23,24)21-8-7-12-5-3-2-4-6-12)10-14(26-11)13-9-16(25-22-13)17(18,19)20/h5,9-10,21H,2-4,6-8H2,1H3. The second-order valence-electron chi connectivity index (χ2n) is 6.36. The van der Waals surface area contributed by atoms with E-state index in [1.54, 1.807) is 6.92 Å². The number of nitrogens with zero attached hydrogens (tertiary/aromatic N) is 1. The van der Waals surface area contributed by atoms with E-state index in [0.717, 1.165) is 36.7 Å². The highest BCUT2D eigenvalue weighted by molar-refractivity contribution is 7.89. The molecule has 0 amide bonds. The van der Waals surface area contributed by atoms with Crippen LogP contribution in [-0.2, 0) is 16.2 Å². The van der Waals surface area contributed by atoms with Crippen molar-refractivity contribution in [2.45, 2.75) is 50.1 Å².